The van der Waals surface area contributed by atoms with Gasteiger partial charge in [-0.05, 0) is 30.7 Å². The Hall–Kier alpha value is -0.610. The van der Waals surface area contributed by atoms with E-state index in [9.17, 15) is 0 Å². The second kappa shape index (κ2) is 4.94. The second-order valence-corrected chi connectivity index (χ2v) is 5.38. The Morgan fingerprint density at radius 1 is 1.60 bits per heavy atom. The fraction of sp³-hybridized carbons (Fsp3) is 0.500. The Kier molecular flexibility index (Phi) is 3.59. The normalized spacial score (nSPS) is 20.5. The van der Waals surface area contributed by atoms with Crippen LogP contribution in [0, 0.1) is 0 Å². The minimum absolute atomic E-state index is 0.478. The summed E-state index contributed by atoms with van der Waals surface area (Å²) in [7, 11) is 0. The number of hydrogen-bond acceptors (Lipinski definition) is 4. The van der Waals surface area contributed by atoms with Crippen molar-refractivity contribution in [3.05, 3.63) is 17.3 Å². The van der Waals surface area contributed by atoms with E-state index >= 15 is 0 Å². The van der Waals surface area contributed by atoms with Crippen molar-refractivity contribution in [2.75, 3.05) is 23.3 Å². The van der Waals surface area contributed by atoms with Crippen molar-refractivity contribution in [1.29, 1.82) is 0 Å². The fourth-order valence-electron chi connectivity index (χ4n) is 1.60. The number of halogens is 1. The average molecular weight is 244 g/mol. The molecule has 1 fully saturated rings. The molecule has 1 aromatic rings. The maximum absolute atomic E-state index is 5.80. The SMILES string of the molecule is Nc1ccc(Cl)nc1NCC1CCCS1. The third kappa shape index (κ3) is 2.92. The van der Waals surface area contributed by atoms with E-state index in [1.54, 1.807) is 12.1 Å². The number of nitrogens with two attached hydrogens (primary N) is 1. The zero-order chi connectivity index (χ0) is 10.7. The molecule has 0 spiro atoms. The summed E-state index contributed by atoms with van der Waals surface area (Å²) >= 11 is 7.81. The van der Waals surface area contributed by atoms with Crippen LogP contribution >= 0.6 is 23.4 Å². The Bertz CT molecular complexity index is 339. The molecule has 2 heterocycles. The number of anilines is 2. The number of pyridine rings is 1. The molecule has 0 saturated carbocycles. The highest BCUT2D eigenvalue weighted by molar-refractivity contribution is 8.00. The van der Waals surface area contributed by atoms with Crippen molar-refractivity contribution in [3.63, 3.8) is 0 Å². The molecule has 1 aromatic heterocycles. The second-order valence-electron chi connectivity index (χ2n) is 3.59. The molecule has 3 nitrogen and oxygen atoms in total. The van der Waals surface area contributed by atoms with Gasteiger partial charge in [0.25, 0.3) is 0 Å². The standard InChI is InChI=1S/C10H14ClN3S/c11-9-4-3-8(12)10(14-9)13-6-7-2-1-5-15-7/h3-4,7H,1-2,5-6,12H2,(H,13,14). The van der Waals surface area contributed by atoms with Gasteiger partial charge in [-0.15, -0.1) is 0 Å². The smallest absolute Gasteiger partial charge is 0.151 e. The summed E-state index contributed by atoms with van der Waals surface area (Å²) in [5, 5.41) is 4.42. The zero-order valence-corrected chi connectivity index (χ0v) is 9.94. The fourth-order valence-corrected chi connectivity index (χ4v) is 2.95. The predicted molar refractivity (Wildman–Crippen MR) is 67.6 cm³/mol. The Morgan fingerprint density at radius 3 is 3.20 bits per heavy atom. The van der Waals surface area contributed by atoms with E-state index in [1.165, 1.54) is 18.6 Å². The molecule has 0 aliphatic carbocycles. The summed E-state index contributed by atoms with van der Waals surface area (Å²) in [6.45, 7) is 0.919. The summed E-state index contributed by atoms with van der Waals surface area (Å²) in [5.74, 6) is 1.97. The number of nitrogen functional groups attached to an aromatic ring is 1. The molecule has 1 aliphatic heterocycles. The number of rotatable bonds is 3. The molecule has 0 bridgehead atoms. The third-order valence-corrected chi connectivity index (χ3v) is 4.02. The van der Waals surface area contributed by atoms with Gasteiger partial charge in [-0.25, -0.2) is 4.98 Å². The van der Waals surface area contributed by atoms with E-state index < -0.39 is 0 Å². The molecule has 15 heavy (non-hydrogen) atoms. The molecule has 1 atom stereocenters. The van der Waals surface area contributed by atoms with Gasteiger partial charge >= 0.3 is 0 Å². The first kappa shape index (κ1) is 10.9. The van der Waals surface area contributed by atoms with Crippen LogP contribution in [0.3, 0.4) is 0 Å². The summed E-state index contributed by atoms with van der Waals surface area (Å²) in [6, 6.07) is 3.48. The van der Waals surface area contributed by atoms with Crippen LogP contribution in [-0.4, -0.2) is 22.5 Å². The predicted octanol–water partition coefficient (Wildman–Crippen LogP) is 2.62. The number of nitrogens with zero attached hydrogens (tertiary/aromatic N) is 1. The summed E-state index contributed by atoms with van der Waals surface area (Å²) < 4.78 is 0. The molecule has 0 radical (unpaired) electrons. The summed E-state index contributed by atoms with van der Waals surface area (Å²) in [4.78, 5) is 4.15. The first-order valence-corrected chi connectivity index (χ1v) is 6.46. The molecule has 2 rings (SSSR count). The molecule has 0 aromatic carbocycles. The average Bonchev–Trinajstić information content (AvgIpc) is 2.72. The first-order valence-electron chi connectivity index (χ1n) is 5.03. The van der Waals surface area contributed by atoms with Gasteiger partial charge in [0, 0.05) is 11.8 Å². The number of hydrogen-bond donors (Lipinski definition) is 2. The van der Waals surface area contributed by atoms with E-state index in [2.05, 4.69) is 10.3 Å². The number of nitrogens with one attached hydrogen (secondary N) is 1. The summed E-state index contributed by atoms with van der Waals surface area (Å²) in [5.41, 5.74) is 6.44. The lowest BCUT2D eigenvalue weighted by Crippen LogP contribution is -2.15. The van der Waals surface area contributed by atoms with Crippen molar-refractivity contribution >= 4 is 34.9 Å². The van der Waals surface area contributed by atoms with Crippen molar-refractivity contribution in [2.45, 2.75) is 18.1 Å². The van der Waals surface area contributed by atoms with Crippen LogP contribution in [0.15, 0.2) is 12.1 Å². The molecule has 1 unspecified atom stereocenters. The molecule has 0 amide bonds. The Balaban J connectivity index is 1.94. The molecule has 5 heteroatoms. The monoisotopic (exact) mass is 243 g/mol. The van der Waals surface area contributed by atoms with Crippen LogP contribution in [0.4, 0.5) is 11.5 Å². The lowest BCUT2D eigenvalue weighted by atomic mass is 10.2. The van der Waals surface area contributed by atoms with E-state index in [-0.39, 0.29) is 0 Å². The highest BCUT2D eigenvalue weighted by atomic mass is 35.5. The van der Waals surface area contributed by atoms with Gasteiger partial charge in [-0.1, -0.05) is 11.6 Å². The van der Waals surface area contributed by atoms with Crippen LogP contribution in [0.1, 0.15) is 12.8 Å². The van der Waals surface area contributed by atoms with Gasteiger partial charge in [0.2, 0.25) is 0 Å². The number of aromatic nitrogens is 1. The molecule has 82 valence electrons. The van der Waals surface area contributed by atoms with Crippen molar-refractivity contribution in [1.82, 2.24) is 4.98 Å². The highest BCUT2D eigenvalue weighted by Crippen LogP contribution is 2.27. The van der Waals surface area contributed by atoms with Gasteiger partial charge in [0.05, 0.1) is 5.69 Å². The van der Waals surface area contributed by atoms with Gasteiger partial charge < -0.3 is 11.1 Å². The molecular formula is C10H14ClN3S. The Morgan fingerprint density at radius 2 is 2.47 bits per heavy atom. The van der Waals surface area contributed by atoms with Crippen LogP contribution < -0.4 is 11.1 Å². The molecule has 3 N–H and O–H groups in total. The molecule has 1 saturated heterocycles. The largest absolute Gasteiger partial charge is 0.396 e. The topological polar surface area (TPSA) is 50.9 Å². The Labute approximate surface area is 98.8 Å². The maximum Gasteiger partial charge on any atom is 0.151 e. The maximum atomic E-state index is 5.80. The minimum atomic E-state index is 0.478. The van der Waals surface area contributed by atoms with Gasteiger partial charge in [-0.3, -0.25) is 0 Å². The minimum Gasteiger partial charge on any atom is -0.396 e. The summed E-state index contributed by atoms with van der Waals surface area (Å²) in [6.07, 6.45) is 2.59. The van der Waals surface area contributed by atoms with Gasteiger partial charge in [-0.2, -0.15) is 11.8 Å². The van der Waals surface area contributed by atoms with Crippen molar-refractivity contribution < 1.29 is 0 Å². The molecular weight excluding hydrogens is 230 g/mol. The highest BCUT2D eigenvalue weighted by Gasteiger charge is 2.15. The van der Waals surface area contributed by atoms with Gasteiger partial charge in [0.15, 0.2) is 5.82 Å². The van der Waals surface area contributed by atoms with Gasteiger partial charge in [0.1, 0.15) is 5.15 Å². The van der Waals surface area contributed by atoms with E-state index in [4.69, 9.17) is 17.3 Å². The third-order valence-electron chi connectivity index (χ3n) is 2.41. The van der Waals surface area contributed by atoms with Crippen LogP contribution in [0.2, 0.25) is 5.15 Å². The van der Waals surface area contributed by atoms with Crippen LogP contribution in [0.25, 0.3) is 0 Å². The van der Waals surface area contributed by atoms with Crippen molar-refractivity contribution in [2.24, 2.45) is 0 Å². The van der Waals surface area contributed by atoms with E-state index in [0.29, 0.717) is 21.9 Å². The first-order chi connectivity index (χ1) is 7.25. The van der Waals surface area contributed by atoms with E-state index in [1.807, 2.05) is 11.8 Å². The quantitative estimate of drug-likeness (QED) is 0.802. The lowest BCUT2D eigenvalue weighted by molar-refractivity contribution is 0.804. The van der Waals surface area contributed by atoms with E-state index in [0.717, 1.165) is 6.54 Å². The van der Waals surface area contributed by atoms with Crippen LogP contribution in [-0.2, 0) is 0 Å². The lowest BCUT2D eigenvalue weighted by Gasteiger charge is -2.12. The van der Waals surface area contributed by atoms with Crippen molar-refractivity contribution in [3.8, 4) is 0 Å². The molecule has 1 aliphatic rings. The zero-order valence-electron chi connectivity index (χ0n) is 8.37. The van der Waals surface area contributed by atoms with Crippen LogP contribution in [0.5, 0.6) is 0 Å². The number of thioether (sulfide) groups is 1.